The Morgan fingerprint density at radius 3 is 2.90 bits per heavy atom. The minimum Gasteiger partial charge on any atom is -0.383 e. The molecule has 0 aliphatic carbocycles. The van der Waals surface area contributed by atoms with Gasteiger partial charge in [-0.2, -0.15) is 0 Å². The lowest BCUT2D eigenvalue weighted by molar-refractivity contribution is 0.0828. The first kappa shape index (κ1) is 15.1. The fourth-order valence-corrected chi connectivity index (χ4v) is 2.58. The summed E-state index contributed by atoms with van der Waals surface area (Å²) in [5.74, 6) is -0.0746. The number of benzene rings is 1. The van der Waals surface area contributed by atoms with Crippen molar-refractivity contribution in [3.63, 3.8) is 0 Å². The molecule has 4 nitrogen and oxygen atoms in total. The summed E-state index contributed by atoms with van der Waals surface area (Å²) in [5, 5.41) is 7.37. The molecule has 2 N–H and O–H groups in total. The van der Waals surface area contributed by atoms with Gasteiger partial charge >= 0.3 is 0 Å². The molecule has 0 radical (unpaired) electrons. The van der Waals surface area contributed by atoms with E-state index in [4.69, 9.17) is 11.6 Å². The Kier molecular flexibility index (Phi) is 5.26. The zero-order valence-electron chi connectivity index (χ0n) is 12.1. The van der Waals surface area contributed by atoms with E-state index in [0.29, 0.717) is 16.6 Å². The zero-order valence-corrected chi connectivity index (χ0v) is 12.8. The van der Waals surface area contributed by atoms with Crippen molar-refractivity contribution in [2.75, 3.05) is 32.5 Å². The number of nitrogens with one attached hydrogen (secondary N) is 2. The Balaban J connectivity index is 2.01. The molecule has 0 saturated carbocycles. The maximum atomic E-state index is 12.0. The Morgan fingerprint density at radius 1 is 1.45 bits per heavy atom. The molecule has 1 unspecified atom stereocenters. The summed E-state index contributed by atoms with van der Waals surface area (Å²) >= 11 is 6.10. The first-order chi connectivity index (χ1) is 9.58. The molecule has 5 heteroatoms. The molecule has 110 valence electrons. The highest BCUT2D eigenvalue weighted by atomic mass is 35.5. The van der Waals surface area contributed by atoms with E-state index >= 15 is 0 Å². The maximum absolute atomic E-state index is 12.0. The van der Waals surface area contributed by atoms with Crippen molar-refractivity contribution < 1.29 is 4.79 Å². The number of hydrogen-bond donors (Lipinski definition) is 2. The topological polar surface area (TPSA) is 44.4 Å². The van der Waals surface area contributed by atoms with Gasteiger partial charge < -0.3 is 15.5 Å². The second-order valence-corrected chi connectivity index (χ2v) is 5.83. The van der Waals surface area contributed by atoms with Gasteiger partial charge in [-0.15, -0.1) is 0 Å². The molecular formula is C15H22ClN3O. The van der Waals surface area contributed by atoms with Crippen LogP contribution in [0.25, 0.3) is 0 Å². The van der Waals surface area contributed by atoms with Crippen LogP contribution in [0.2, 0.25) is 5.02 Å². The molecule has 1 heterocycles. The standard InChI is InChI=1S/C15H22ClN3O/c1-19(2)15(20)13-9-11(6-7-14(13)16)18-10-12-5-3-4-8-17-12/h6-7,9,12,17-18H,3-5,8,10H2,1-2H3. The Morgan fingerprint density at radius 2 is 2.25 bits per heavy atom. The number of amides is 1. The van der Waals surface area contributed by atoms with E-state index in [-0.39, 0.29) is 5.91 Å². The van der Waals surface area contributed by atoms with E-state index in [0.717, 1.165) is 18.8 Å². The molecule has 1 atom stereocenters. The third-order valence-electron chi connectivity index (χ3n) is 3.57. The second-order valence-electron chi connectivity index (χ2n) is 5.42. The van der Waals surface area contributed by atoms with Gasteiger partial charge in [0, 0.05) is 32.4 Å². The lowest BCUT2D eigenvalue weighted by Crippen LogP contribution is -2.39. The second kappa shape index (κ2) is 6.95. The van der Waals surface area contributed by atoms with Crippen LogP contribution in [-0.2, 0) is 0 Å². The van der Waals surface area contributed by atoms with E-state index in [1.165, 1.54) is 24.2 Å². The minimum atomic E-state index is -0.0746. The van der Waals surface area contributed by atoms with Gasteiger partial charge in [-0.25, -0.2) is 0 Å². The smallest absolute Gasteiger partial charge is 0.254 e. The van der Waals surface area contributed by atoms with Crippen LogP contribution >= 0.6 is 11.6 Å². The minimum absolute atomic E-state index is 0.0746. The largest absolute Gasteiger partial charge is 0.383 e. The number of anilines is 1. The molecule has 1 fully saturated rings. The summed E-state index contributed by atoms with van der Waals surface area (Å²) in [6.07, 6.45) is 3.74. The molecule has 0 spiro atoms. The van der Waals surface area contributed by atoms with E-state index in [2.05, 4.69) is 10.6 Å². The summed E-state index contributed by atoms with van der Waals surface area (Å²) in [7, 11) is 3.45. The normalized spacial score (nSPS) is 18.6. The van der Waals surface area contributed by atoms with E-state index in [1.54, 1.807) is 20.2 Å². The first-order valence-corrected chi connectivity index (χ1v) is 7.44. The summed E-state index contributed by atoms with van der Waals surface area (Å²) < 4.78 is 0. The molecule has 20 heavy (non-hydrogen) atoms. The van der Waals surface area contributed by atoms with Crippen molar-refractivity contribution in [2.45, 2.75) is 25.3 Å². The van der Waals surface area contributed by atoms with Gasteiger partial charge in [-0.1, -0.05) is 18.0 Å². The third-order valence-corrected chi connectivity index (χ3v) is 3.90. The molecule has 1 aromatic carbocycles. The third kappa shape index (κ3) is 3.87. The number of carbonyl (C=O) groups is 1. The quantitative estimate of drug-likeness (QED) is 0.897. The number of piperidine rings is 1. The van der Waals surface area contributed by atoms with Crippen LogP contribution in [0, 0.1) is 0 Å². The number of nitrogens with zero attached hydrogens (tertiary/aromatic N) is 1. The van der Waals surface area contributed by atoms with Crippen LogP contribution in [0.15, 0.2) is 18.2 Å². The molecular weight excluding hydrogens is 274 g/mol. The number of rotatable bonds is 4. The molecule has 1 aliphatic heterocycles. The zero-order chi connectivity index (χ0) is 14.5. The molecule has 1 amide bonds. The summed E-state index contributed by atoms with van der Waals surface area (Å²) in [5.41, 5.74) is 1.48. The van der Waals surface area contributed by atoms with Crippen LogP contribution in [0.5, 0.6) is 0 Å². The van der Waals surface area contributed by atoms with E-state index < -0.39 is 0 Å². The van der Waals surface area contributed by atoms with Gasteiger partial charge in [0.1, 0.15) is 0 Å². The van der Waals surface area contributed by atoms with Gasteiger partial charge in [-0.05, 0) is 37.6 Å². The van der Waals surface area contributed by atoms with Crippen molar-refractivity contribution >= 4 is 23.2 Å². The lowest BCUT2D eigenvalue weighted by atomic mass is 10.0. The molecule has 1 saturated heterocycles. The number of halogens is 1. The van der Waals surface area contributed by atoms with Crippen LogP contribution in [0.1, 0.15) is 29.6 Å². The van der Waals surface area contributed by atoms with Crippen molar-refractivity contribution in [1.82, 2.24) is 10.2 Å². The molecule has 0 bridgehead atoms. The molecule has 0 aromatic heterocycles. The van der Waals surface area contributed by atoms with Crippen LogP contribution in [0.4, 0.5) is 5.69 Å². The fourth-order valence-electron chi connectivity index (χ4n) is 2.38. The SMILES string of the molecule is CN(C)C(=O)c1cc(NCC2CCCCN2)ccc1Cl. The Bertz CT molecular complexity index is 470. The average molecular weight is 296 g/mol. The summed E-state index contributed by atoms with van der Waals surface area (Å²) in [6.45, 7) is 1.97. The molecule has 1 aliphatic rings. The van der Waals surface area contributed by atoms with Crippen LogP contribution in [0.3, 0.4) is 0 Å². The predicted molar refractivity (Wildman–Crippen MR) is 83.6 cm³/mol. The number of carbonyl (C=O) groups excluding carboxylic acids is 1. The molecule has 2 rings (SSSR count). The van der Waals surface area contributed by atoms with Crippen molar-refractivity contribution in [3.8, 4) is 0 Å². The summed E-state index contributed by atoms with van der Waals surface area (Å²) in [6, 6.07) is 6.02. The van der Waals surface area contributed by atoms with Crippen molar-refractivity contribution in [1.29, 1.82) is 0 Å². The maximum Gasteiger partial charge on any atom is 0.254 e. The Labute approximate surface area is 125 Å². The summed E-state index contributed by atoms with van der Waals surface area (Å²) in [4.78, 5) is 13.6. The lowest BCUT2D eigenvalue weighted by Gasteiger charge is -2.24. The molecule has 1 aromatic rings. The van der Waals surface area contributed by atoms with Crippen molar-refractivity contribution in [2.24, 2.45) is 0 Å². The average Bonchev–Trinajstić information content (AvgIpc) is 2.46. The van der Waals surface area contributed by atoms with E-state index in [1.807, 2.05) is 12.1 Å². The first-order valence-electron chi connectivity index (χ1n) is 7.06. The van der Waals surface area contributed by atoms with Gasteiger partial charge in [0.25, 0.3) is 5.91 Å². The van der Waals surface area contributed by atoms with Crippen LogP contribution < -0.4 is 10.6 Å². The predicted octanol–water partition coefficient (Wildman–Crippen LogP) is 2.60. The van der Waals surface area contributed by atoms with Gasteiger partial charge in [0.2, 0.25) is 0 Å². The highest BCUT2D eigenvalue weighted by molar-refractivity contribution is 6.34. The van der Waals surface area contributed by atoms with Gasteiger partial charge in [-0.3, -0.25) is 4.79 Å². The van der Waals surface area contributed by atoms with Crippen LogP contribution in [-0.4, -0.2) is 44.0 Å². The number of hydrogen-bond acceptors (Lipinski definition) is 3. The highest BCUT2D eigenvalue weighted by Gasteiger charge is 2.15. The monoisotopic (exact) mass is 295 g/mol. The Hall–Kier alpha value is -1.26. The van der Waals surface area contributed by atoms with Gasteiger partial charge in [0.05, 0.1) is 10.6 Å². The van der Waals surface area contributed by atoms with E-state index in [9.17, 15) is 4.79 Å². The highest BCUT2D eigenvalue weighted by Crippen LogP contribution is 2.22. The van der Waals surface area contributed by atoms with Gasteiger partial charge in [0.15, 0.2) is 0 Å². The fraction of sp³-hybridized carbons (Fsp3) is 0.533. The van der Waals surface area contributed by atoms with Crippen molar-refractivity contribution in [3.05, 3.63) is 28.8 Å².